The fourth-order valence-electron chi connectivity index (χ4n) is 4.42. The van der Waals surface area contributed by atoms with Crippen molar-refractivity contribution in [1.29, 1.82) is 0 Å². The van der Waals surface area contributed by atoms with Crippen LogP contribution in [0.3, 0.4) is 0 Å². The quantitative estimate of drug-likeness (QED) is 0.630. The van der Waals surface area contributed by atoms with Crippen LogP contribution in [0.2, 0.25) is 5.02 Å². The zero-order valence-electron chi connectivity index (χ0n) is 17.5. The van der Waals surface area contributed by atoms with E-state index in [1.54, 1.807) is 7.11 Å². The number of hydrogen-bond donors (Lipinski definition) is 1. The Labute approximate surface area is 182 Å². The molecule has 0 unspecified atom stereocenters. The molecular weight excluding hydrogens is 398 g/mol. The molecule has 0 aliphatic carbocycles. The third-order valence-electron chi connectivity index (χ3n) is 6.04. The number of para-hydroxylation sites is 1. The number of methoxy groups -OCH3 is 1. The predicted octanol–water partition coefficient (Wildman–Crippen LogP) is 4.54. The molecule has 0 spiro atoms. The summed E-state index contributed by atoms with van der Waals surface area (Å²) in [7, 11) is 3.64. The number of nitrogens with zero attached hydrogens (tertiary/aromatic N) is 2. The largest absolute Gasteiger partial charge is 0.496 e. The highest BCUT2D eigenvalue weighted by Crippen LogP contribution is 2.35. The first-order chi connectivity index (χ1) is 14.6. The van der Waals surface area contributed by atoms with E-state index >= 15 is 0 Å². The smallest absolute Gasteiger partial charge is 0.256 e. The summed E-state index contributed by atoms with van der Waals surface area (Å²) in [5.41, 5.74) is 3.00. The number of nitrogens with one attached hydrogen (secondary N) is 1. The van der Waals surface area contributed by atoms with E-state index in [1.165, 1.54) is 5.56 Å². The first kappa shape index (κ1) is 20.8. The second kappa shape index (κ2) is 9.11. The summed E-state index contributed by atoms with van der Waals surface area (Å²) in [5, 5.41) is 4.82. The molecule has 1 amide bonds. The zero-order chi connectivity index (χ0) is 21.1. The summed E-state index contributed by atoms with van der Waals surface area (Å²) in [5.74, 6) is 1.46. The first-order valence-electron chi connectivity index (χ1n) is 10.5. The number of ether oxygens (including phenoxy) is 1. The first-order valence-corrected chi connectivity index (χ1v) is 10.9. The Morgan fingerprint density at radius 1 is 1.20 bits per heavy atom. The lowest BCUT2D eigenvalue weighted by Crippen LogP contribution is -2.37. The van der Waals surface area contributed by atoms with E-state index in [-0.39, 0.29) is 5.91 Å². The topological polar surface area (TPSA) is 46.5 Å². The van der Waals surface area contributed by atoms with Gasteiger partial charge in [-0.05, 0) is 49.6 Å². The van der Waals surface area contributed by atoms with Crippen LogP contribution in [0.1, 0.15) is 34.7 Å². The number of halogens is 1. The standard InChI is InChI=1S/C24H28ClN3O2/c1-26-11-14-28-16-21(20-8-7-18(25)15-22(20)28)24(29)27-12-9-17(10-13-27)19-5-3-4-6-23(19)30-2/h3-8,15-17,26H,9-14H2,1-2H3. The van der Waals surface area contributed by atoms with Crippen molar-refractivity contribution in [2.24, 2.45) is 0 Å². The van der Waals surface area contributed by atoms with Gasteiger partial charge in [-0.25, -0.2) is 0 Å². The van der Waals surface area contributed by atoms with Crippen molar-refractivity contribution in [3.8, 4) is 5.75 Å². The molecule has 2 heterocycles. The Hall–Kier alpha value is -2.50. The number of likely N-dealkylation sites (N-methyl/N-ethyl adjacent to an activating group) is 1. The average Bonchev–Trinajstić information content (AvgIpc) is 3.14. The van der Waals surface area contributed by atoms with Crippen molar-refractivity contribution in [1.82, 2.24) is 14.8 Å². The summed E-state index contributed by atoms with van der Waals surface area (Å²) >= 11 is 6.23. The van der Waals surface area contributed by atoms with Crippen molar-refractivity contribution in [3.63, 3.8) is 0 Å². The van der Waals surface area contributed by atoms with Gasteiger partial charge in [0.25, 0.3) is 5.91 Å². The number of fused-ring (bicyclic) bond motifs is 1. The molecule has 1 aliphatic heterocycles. The van der Waals surface area contributed by atoms with Gasteiger partial charge in [0.2, 0.25) is 0 Å². The van der Waals surface area contributed by atoms with Gasteiger partial charge in [-0.1, -0.05) is 35.9 Å². The van der Waals surface area contributed by atoms with Gasteiger partial charge in [0.15, 0.2) is 0 Å². The minimum absolute atomic E-state index is 0.101. The fraction of sp³-hybridized carbons (Fsp3) is 0.375. The molecular formula is C24H28ClN3O2. The summed E-state index contributed by atoms with van der Waals surface area (Å²) in [6, 6.07) is 14.0. The van der Waals surface area contributed by atoms with Gasteiger partial charge in [0.05, 0.1) is 18.2 Å². The Bertz CT molecular complexity index is 1040. The number of piperidine rings is 1. The SMILES string of the molecule is CNCCn1cc(C(=O)N2CCC(c3ccccc3OC)CC2)c2ccc(Cl)cc21. The van der Waals surface area contributed by atoms with E-state index in [0.717, 1.165) is 61.2 Å². The molecule has 1 aromatic heterocycles. The Kier molecular flexibility index (Phi) is 6.30. The van der Waals surface area contributed by atoms with Gasteiger partial charge in [-0.2, -0.15) is 0 Å². The third-order valence-corrected chi connectivity index (χ3v) is 6.27. The molecule has 158 valence electrons. The maximum absolute atomic E-state index is 13.4. The fourth-order valence-corrected chi connectivity index (χ4v) is 4.59. The van der Waals surface area contributed by atoms with Crippen LogP contribution in [-0.2, 0) is 6.54 Å². The number of rotatable bonds is 6. The minimum Gasteiger partial charge on any atom is -0.496 e. The zero-order valence-corrected chi connectivity index (χ0v) is 18.3. The highest BCUT2D eigenvalue weighted by molar-refractivity contribution is 6.31. The number of amides is 1. The maximum Gasteiger partial charge on any atom is 0.256 e. The maximum atomic E-state index is 13.4. The van der Waals surface area contributed by atoms with Crippen LogP contribution in [0.25, 0.3) is 10.9 Å². The lowest BCUT2D eigenvalue weighted by molar-refractivity contribution is 0.0714. The molecule has 3 aromatic rings. The van der Waals surface area contributed by atoms with Crippen molar-refractivity contribution in [3.05, 3.63) is 64.8 Å². The van der Waals surface area contributed by atoms with Crippen LogP contribution in [-0.4, -0.2) is 49.2 Å². The molecule has 1 saturated heterocycles. The molecule has 6 heteroatoms. The molecule has 30 heavy (non-hydrogen) atoms. The van der Waals surface area contributed by atoms with E-state index < -0.39 is 0 Å². The van der Waals surface area contributed by atoms with Gasteiger partial charge in [-0.3, -0.25) is 4.79 Å². The van der Waals surface area contributed by atoms with Crippen LogP contribution in [0.4, 0.5) is 0 Å². The van der Waals surface area contributed by atoms with Crippen LogP contribution >= 0.6 is 11.6 Å². The van der Waals surface area contributed by atoms with Crippen LogP contribution in [0.15, 0.2) is 48.7 Å². The van der Waals surface area contributed by atoms with E-state index in [4.69, 9.17) is 16.3 Å². The highest BCUT2D eigenvalue weighted by Gasteiger charge is 2.27. The van der Waals surface area contributed by atoms with Crippen LogP contribution < -0.4 is 10.1 Å². The van der Waals surface area contributed by atoms with Crippen molar-refractivity contribution in [2.75, 3.05) is 33.8 Å². The second-order valence-corrected chi connectivity index (χ2v) is 8.25. The Morgan fingerprint density at radius 3 is 2.70 bits per heavy atom. The number of aromatic nitrogens is 1. The lowest BCUT2D eigenvalue weighted by atomic mass is 9.88. The van der Waals surface area contributed by atoms with Crippen LogP contribution in [0.5, 0.6) is 5.75 Å². The molecule has 1 aliphatic rings. The molecule has 2 aromatic carbocycles. The minimum atomic E-state index is 0.101. The molecule has 1 fully saturated rings. The van der Waals surface area contributed by atoms with Crippen molar-refractivity contribution in [2.45, 2.75) is 25.3 Å². The number of benzene rings is 2. The molecule has 0 bridgehead atoms. The normalized spacial score (nSPS) is 15.0. The molecule has 5 nitrogen and oxygen atoms in total. The van der Waals surface area contributed by atoms with E-state index in [2.05, 4.69) is 22.0 Å². The summed E-state index contributed by atoms with van der Waals surface area (Å²) < 4.78 is 7.65. The van der Waals surface area contributed by atoms with Crippen molar-refractivity contribution < 1.29 is 9.53 Å². The molecule has 0 radical (unpaired) electrons. The lowest BCUT2D eigenvalue weighted by Gasteiger charge is -2.32. The van der Waals surface area contributed by atoms with Gasteiger partial charge >= 0.3 is 0 Å². The predicted molar refractivity (Wildman–Crippen MR) is 122 cm³/mol. The highest BCUT2D eigenvalue weighted by atomic mass is 35.5. The number of carbonyl (C=O) groups is 1. The number of likely N-dealkylation sites (tertiary alicyclic amines) is 1. The Morgan fingerprint density at radius 2 is 1.97 bits per heavy atom. The monoisotopic (exact) mass is 425 g/mol. The van der Waals surface area contributed by atoms with Gasteiger partial charge in [0, 0.05) is 42.8 Å². The number of hydrogen-bond acceptors (Lipinski definition) is 3. The molecule has 0 atom stereocenters. The van der Waals surface area contributed by atoms with E-state index in [0.29, 0.717) is 10.9 Å². The third kappa shape index (κ3) is 4.05. The van der Waals surface area contributed by atoms with Crippen molar-refractivity contribution >= 4 is 28.4 Å². The second-order valence-electron chi connectivity index (χ2n) is 7.81. The van der Waals surface area contributed by atoms with Gasteiger partial charge in [0.1, 0.15) is 5.75 Å². The molecule has 4 rings (SSSR count). The number of carbonyl (C=O) groups excluding carboxylic acids is 1. The summed E-state index contributed by atoms with van der Waals surface area (Å²) in [6.45, 7) is 3.11. The Balaban J connectivity index is 1.54. The summed E-state index contributed by atoms with van der Waals surface area (Å²) in [4.78, 5) is 15.4. The van der Waals surface area contributed by atoms with E-state index in [9.17, 15) is 4.79 Å². The molecule has 1 N–H and O–H groups in total. The van der Waals surface area contributed by atoms with Gasteiger partial charge < -0.3 is 19.5 Å². The average molecular weight is 426 g/mol. The molecule has 0 saturated carbocycles. The van der Waals surface area contributed by atoms with Crippen LogP contribution in [0, 0.1) is 0 Å². The summed E-state index contributed by atoms with van der Waals surface area (Å²) in [6.07, 6.45) is 3.86. The van der Waals surface area contributed by atoms with Gasteiger partial charge in [-0.15, -0.1) is 0 Å². The van der Waals surface area contributed by atoms with E-state index in [1.807, 2.05) is 48.5 Å².